The summed E-state index contributed by atoms with van der Waals surface area (Å²) in [6.45, 7) is 9.05. The van der Waals surface area contributed by atoms with Crippen LogP contribution in [0.1, 0.15) is 40.0 Å². The van der Waals surface area contributed by atoms with Crippen LogP contribution >= 0.6 is 21.6 Å². The van der Waals surface area contributed by atoms with Gasteiger partial charge in [-0.2, -0.15) is 0 Å². The van der Waals surface area contributed by atoms with Gasteiger partial charge in [0.1, 0.15) is 0 Å². The molecule has 86 valence electrons. The van der Waals surface area contributed by atoms with Crippen molar-refractivity contribution in [1.29, 1.82) is 0 Å². The number of rotatable bonds is 10. The molecule has 0 spiro atoms. The Morgan fingerprint density at radius 3 is 2.43 bits per heavy atom. The van der Waals surface area contributed by atoms with E-state index in [4.69, 9.17) is 0 Å². The summed E-state index contributed by atoms with van der Waals surface area (Å²) < 4.78 is 0. The van der Waals surface area contributed by atoms with Gasteiger partial charge in [-0.05, 0) is 18.9 Å². The normalized spacial score (nSPS) is 13.1. The molecule has 14 heavy (non-hydrogen) atoms. The molecule has 0 radical (unpaired) electrons. The minimum absolute atomic E-state index is 0.918. The molecule has 0 aromatic rings. The summed E-state index contributed by atoms with van der Waals surface area (Å²) in [6.07, 6.45) is 4.11. The third-order valence-corrected chi connectivity index (χ3v) is 4.61. The second-order valence-corrected chi connectivity index (χ2v) is 6.38. The standard InChI is InChI=1S/C11H25NS2/c1-4-6-11(3)7-9-13-14-10-8-12-5-2/h11-12H,4-10H2,1-3H3. The van der Waals surface area contributed by atoms with Crippen molar-refractivity contribution in [3.63, 3.8) is 0 Å². The minimum atomic E-state index is 0.918. The Morgan fingerprint density at radius 1 is 1.07 bits per heavy atom. The predicted octanol–water partition coefficient (Wildman–Crippen LogP) is 3.80. The highest BCUT2D eigenvalue weighted by atomic mass is 33.1. The van der Waals surface area contributed by atoms with Crippen LogP contribution in [0.15, 0.2) is 0 Å². The van der Waals surface area contributed by atoms with E-state index in [-0.39, 0.29) is 0 Å². The first-order valence-electron chi connectivity index (χ1n) is 5.76. The van der Waals surface area contributed by atoms with Crippen molar-refractivity contribution in [2.75, 3.05) is 24.6 Å². The van der Waals surface area contributed by atoms with E-state index in [1.165, 1.54) is 30.8 Å². The fourth-order valence-electron chi connectivity index (χ4n) is 1.29. The zero-order valence-electron chi connectivity index (χ0n) is 9.84. The quantitative estimate of drug-likeness (QED) is 0.457. The van der Waals surface area contributed by atoms with Crippen molar-refractivity contribution >= 4 is 21.6 Å². The van der Waals surface area contributed by atoms with Crippen molar-refractivity contribution < 1.29 is 0 Å². The molecule has 1 nitrogen and oxygen atoms in total. The summed E-state index contributed by atoms with van der Waals surface area (Å²) in [6, 6.07) is 0. The smallest absolute Gasteiger partial charge is 0.0162 e. The lowest BCUT2D eigenvalue weighted by atomic mass is 10.0. The zero-order chi connectivity index (χ0) is 10.6. The first-order chi connectivity index (χ1) is 6.81. The molecule has 1 atom stereocenters. The second kappa shape index (κ2) is 11.7. The first-order valence-corrected chi connectivity index (χ1v) is 8.25. The van der Waals surface area contributed by atoms with Crippen LogP contribution in [0.4, 0.5) is 0 Å². The lowest BCUT2D eigenvalue weighted by molar-refractivity contribution is 0.513. The second-order valence-electron chi connectivity index (χ2n) is 3.68. The molecular weight excluding hydrogens is 210 g/mol. The predicted molar refractivity (Wildman–Crippen MR) is 72.1 cm³/mol. The van der Waals surface area contributed by atoms with Crippen molar-refractivity contribution in [3.8, 4) is 0 Å². The molecule has 0 aromatic carbocycles. The van der Waals surface area contributed by atoms with Gasteiger partial charge in [-0.3, -0.25) is 0 Å². The Hall–Kier alpha value is 0.660. The van der Waals surface area contributed by atoms with Gasteiger partial charge in [0.25, 0.3) is 0 Å². The molecule has 1 unspecified atom stereocenters. The molecule has 0 fully saturated rings. The number of nitrogens with one attached hydrogen (secondary N) is 1. The van der Waals surface area contributed by atoms with Crippen molar-refractivity contribution in [1.82, 2.24) is 5.32 Å². The highest BCUT2D eigenvalue weighted by Crippen LogP contribution is 2.23. The molecule has 0 aliphatic carbocycles. The summed E-state index contributed by atoms with van der Waals surface area (Å²) >= 11 is 0. The third-order valence-electron chi connectivity index (χ3n) is 2.17. The molecule has 3 heteroatoms. The topological polar surface area (TPSA) is 12.0 Å². The molecule has 0 saturated carbocycles. The largest absolute Gasteiger partial charge is 0.316 e. The van der Waals surface area contributed by atoms with Crippen LogP contribution in [0.5, 0.6) is 0 Å². The van der Waals surface area contributed by atoms with Crippen LogP contribution in [0, 0.1) is 5.92 Å². The van der Waals surface area contributed by atoms with E-state index in [1.54, 1.807) is 0 Å². The Morgan fingerprint density at radius 2 is 1.79 bits per heavy atom. The van der Waals surface area contributed by atoms with Crippen molar-refractivity contribution in [2.45, 2.75) is 40.0 Å². The molecule has 0 amide bonds. The van der Waals surface area contributed by atoms with Crippen LogP contribution in [0.3, 0.4) is 0 Å². The average Bonchev–Trinajstić information content (AvgIpc) is 2.17. The summed E-state index contributed by atoms with van der Waals surface area (Å²) in [7, 11) is 4.04. The monoisotopic (exact) mass is 235 g/mol. The molecule has 0 aliphatic rings. The molecular formula is C11H25NS2. The highest BCUT2D eigenvalue weighted by Gasteiger charge is 2.00. The van der Waals surface area contributed by atoms with Gasteiger partial charge >= 0.3 is 0 Å². The van der Waals surface area contributed by atoms with Gasteiger partial charge < -0.3 is 5.32 Å². The number of hydrogen-bond acceptors (Lipinski definition) is 3. The van der Waals surface area contributed by atoms with Crippen LogP contribution in [0.2, 0.25) is 0 Å². The molecule has 1 N–H and O–H groups in total. The van der Waals surface area contributed by atoms with Gasteiger partial charge in [-0.25, -0.2) is 0 Å². The maximum atomic E-state index is 3.33. The Bertz CT molecular complexity index is 109. The summed E-state index contributed by atoms with van der Waals surface area (Å²) in [5.41, 5.74) is 0. The van der Waals surface area contributed by atoms with E-state index in [9.17, 15) is 0 Å². The molecule has 0 rings (SSSR count). The Labute approximate surface area is 97.6 Å². The van der Waals surface area contributed by atoms with E-state index in [1.807, 2.05) is 21.6 Å². The maximum absolute atomic E-state index is 3.33. The van der Waals surface area contributed by atoms with E-state index < -0.39 is 0 Å². The summed E-state index contributed by atoms with van der Waals surface area (Å²) in [4.78, 5) is 0. The SMILES string of the molecule is CCCC(C)CCSSCCNCC. The highest BCUT2D eigenvalue weighted by molar-refractivity contribution is 8.76. The fourth-order valence-corrected chi connectivity index (χ4v) is 3.50. The van der Waals surface area contributed by atoms with E-state index in [0.717, 1.165) is 19.0 Å². The van der Waals surface area contributed by atoms with Crippen molar-refractivity contribution in [2.24, 2.45) is 5.92 Å². The van der Waals surface area contributed by atoms with Gasteiger partial charge in [0, 0.05) is 18.1 Å². The fraction of sp³-hybridized carbons (Fsp3) is 1.00. The molecule has 0 heterocycles. The molecule has 0 bridgehead atoms. The van der Waals surface area contributed by atoms with Crippen LogP contribution in [-0.2, 0) is 0 Å². The number of hydrogen-bond donors (Lipinski definition) is 1. The van der Waals surface area contributed by atoms with Gasteiger partial charge in [0.2, 0.25) is 0 Å². The molecule has 0 aliphatic heterocycles. The van der Waals surface area contributed by atoms with E-state index in [2.05, 4.69) is 26.1 Å². The van der Waals surface area contributed by atoms with Crippen molar-refractivity contribution in [3.05, 3.63) is 0 Å². The minimum Gasteiger partial charge on any atom is -0.316 e. The van der Waals surface area contributed by atoms with E-state index in [0.29, 0.717) is 0 Å². The van der Waals surface area contributed by atoms with Crippen LogP contribution < -0.4 is 5.32 Å². The lowest BCUT2D eigenvalue weighted by Gasteiger charge is -2.08. The average molecular weight is 235 g/mol. The molecule has 0 aromatic heterocycles. The molecule has 0 saturated heterocycles. The lowest BCUT2D eigenvalue weighted by Crippen LogP contribution is -2.15. The van der Waals surface area contributed by atoms with Gasteiger partial charge in [-0.1, -0.05) is 55.2 Å². The van der Waals surface area contributed by atoms with Crippen LogP contribution in [0.25, 0.3) is 0 Å². The van der Waals surface area contributed by atoms with Crippen LogP contribution in [-0.4, -0.2) is 24.6 Å². The van der Waals surface area contributed by atoms with Gasteiger partial charge in [0.05, 0.1) is 0 Å². The summed E-state index contributed by atoms with van der Waals surface area (Å²) in [5.74, 6) is 3.47. The Balaban J connectivity index is 2.98. The summed E-state index contributed by atoms with van der Waals surface area (Å²) in [5, 5.41) is 3.33. The van der Waals surface area contributed by atoms with E-state index >= 15 is 0 Å². The Kier molecular flexibility index (Phi) is 12.3. The maximum Gasteiger partial charge on any atom is 0.0162 e. The van der Waals surface area contributed by atoms with Gasteiger partial charge in [-0.15, -0.1) is 0 Å². The zero-order valence-corrected chi connectivity index (χ0v) is 11.5. The first kappa shape index (κ1) is 14.7. The van der Waals surface area contributed by atoms with Gasteiger partial charge in [0.15, 0.2) is 0 Å². The third kappa shape index (κ3) is 10.7.